The van der Waals surface area contributed by atoms with Crippen LogP contribution in [0.25, 0.3) is 6.08 Å². The lowest BCUT2D eigenvalue weighted by Crippen LogP contribution is -2.29. The van der Waals surface area contributed by atoms with Crippen LogP contribution in [-0.4, -0.2) is 18.9 Å². The average molecular weight is 297 g/mol. The summed E-state index contributed by atoms with van der Waals surface area (Å²) in [6, 6.07) is 10.3. The Morgan fingerprint density at radius 1 is 1.05 bits per heavy atom. The van der Waals surface area contributed by atoms with E-state index in [9.17, 15) is 4.79 Å². The summed E-state index contributed by atoms with van der Waals surface area (Å²) in [5.74, 6) is 0.0661. The van der Waals surface area contributed by atoms with Crippen LogP contribution < -0.4 is 4.90 Å². The van der Waals surface area contributed by atoms with Crippen LogP contribution >= 0.6 is 11.3 Å². The Kier molecular flexibility index (Phi) is 4.51. The highest BCUT2D eigenvalue weighted by atomic mass is 32.1. The molecule has 0 saturated carbocycles. The van der Waals surface area contributed by atoms with Crippen LogP contribution in [0.3, 0.4) is 0 Å². The monoisotopic (exact) mass is 297 g/mol. The third kappa shape index (κ3) is 3.61. The maximum absolute atomic E-state index is 11.9. The van der Waals surface area contributed by atoms with Gasteiger partial charge in [0.15, 0.2) is 5.78 Å². The number of carbonyl (C=O) groups is 1. The summed E-state index contributed by atoms with van der Waals surface area (Å²) < 4.78 is 0. The van der Waals surface area contributed by atoms with E-state index in [1.807, 2.05) is 22.9 Å². The molecule has 1 aliphatic heterocycles. The standard InChI is InChI=1S/C18H19NOS/c20-18(16-10-13-21-14-16)9-6-15-4-7-17(8-5-15)19-11-2-1-3-12-19/h4-10,13-14H,1-3,11-12H2/b9-6+. The Morgan fingerprint density at radius 3 is 2.48 bits per heavy atom. The molecule has 0 bridgehead atoms. The lowest BCUT2D eigenvalue weighted by molar-refractivity contribution is 0.104. The van der Waals surface area contributed by atoms with Gasteiger partial charge in [0.25, 0.3) is 0 Å². The van der Waals surface area contributed by atoms with Gasteiger partial charge in [-0.3, -0.25) is 4.79 Å². The number of allylic oxidation sites excluding steroid dienone is 1. The smallest absolute Gasteiger partial charge is 0.186 e. The SMILES string of the molecule is O=C(/C=C/c1ccc(N2CCCCC2)cc1)c1ccsc1. The van der Waals surface area contributed by atoms with Crippen LogP contribution in [0, 0.1) is 0 Å². The Morgan fingerprint density at radius 2 is 1.81 bits per heavy atom. The Labute approximate surface area is 129 Å². The summed E-state index contributed by atoms with van der Waals surface area (Å²) in [5.41, 5.74) is 3.12. The van der Waals surface area contributed by atoms with Gasteiger partial charge >= 0.3 is 0 Å². The van der Waals surface area contributed by atoms with E-state index in [-0.39, 0.29) is 5.78 Å². The van der Waals surface area contributed by atoms with E-state index in [0.717, 1.165) is 24.2 Å². The zero-order valence-corrected chi connectivity index (χ0v) is 12.8. The van der Waals surface area contributed by atoms with Gasteiger partial charge in [0, 0.05) is 29.7 Å². The molecule has 1 aliphatic rings. The van der Waals surface area contributed by atoms with E-state index >= 15 is 0 Å². The molecule has 0 amide bonds. The van der Waals surface area contributed by atoms with Crippen LogP contribution in [0.1, 0.15) is 35.2 Å². The largest absolute Gasteiger partial charge is 0.372 e. The minimum Gasteiger partial charge on any atom is -0.372 e. The van der Waals surface area contributed by atoms with Gasteiger partial charge < -0.3 is 4.90 Å². The first-order chi connectivity index (χ1) is 10.3. The van der Waals surface area contributed by atoms with Crippen molar-refractivity contribution in [2.45, 2.75) is 19.3 Å². The first-order valence-corrected chi connectivity index (χ1v) is 8.37. The number of rotatable bonds is 4. The summed E-state index contributed by atoms with van der Waals surface area (Å²) in [6.07, 6.45) is 7.47. The van der Waals surface area contributed by atoms with Crippen LogP contribution in [0.15, 0.2) is 47.2 Å². The molecule has 0 spiro atoms. The highest BCUT2D eigenvalue weighted by Crippen LogP contribution is 2.20. The maximum atomic E-state index is 11.9. The van der Waals surface area contributed by atoms with E-state index in [0.29, 0.717) is 0 Å². The zero-order chi connectivity index (χ0) is 14.5. The van der Waals surface area contributed by atoms with E-state index in [1.165, 1.54) is 24.9 Å². The fraction of sp³-hybridized carbons (Fsp3) is 0.278. The van der Waals surface area contributed by atoms with Crippen molar-refractivity contribution < 1.29 is 4.79 Å². The number of benzene rings is 1. The topological polar surface area (TPSA) is 20.3 Å². The lowest BCUT2D eigenvalue weighted by atomic mass is 10.1. The summed E-state index contributed by atoms with van der Waals surface area (Å²) in [5, 5.41) is 3.81. The van der Waals surface area contributed by atoms with Crippen molar-refractivity contribution in [3.8, 4) is 0 Å². The van der Waals surface area contributed by atoms with Crippen molar-refractivity contribution in [1.29, 1.82) is 0 Å². The van der Waals surface area contributed by atoms with E-state index in [1.54, 1.807) is 17.4 Å². The molecule has 0 aliphatic carbocycles. The summed E-state index contributed by atoms with van der Waals surface area (Å²) in [4.78, 5) is 14.3. The molecule has 21 heavy (non-hydrogen) atoms. The average Bonchev–Trinajstić information content (AvgIpc) is 3.08. The van der Waals surface area contributed by atoms with Gasteiger partial charge in [-0.15, -0.1) is 0 Å². The molecular formula is C18H19NOS. The molecule has 1 aromatic heterocycles. The number of hydrogen-bond donors (Lipinski definition) is 0. The molecule has 1 fully saturated rings. The normalized spacial score (nSPS) is 15.5. The van der Waals surface area contributed by atoms with E-state index in [2.05, 4.69) is 29.2 Å². The lowest BCUT2D eigenvalue weighted by Gasteiger charge is -2.28. The molecular weight excluding hydrogens is 278 g/mol. The first-order valence-electron chi connectivity index (χ1n) is 7.42. The molecule has 2 aromatic rings. The summed E-state index contributed by atoms with van der Waals surface area (Å²) in [6.45, 7) is 2.32. The number of anilines is 1. The minimum absolute atomic E-state index is 0.0661. The van der Waals surface area contributed by atoms with Gasteiger partial charge in [0.05, 0.1) is 0 Å². The van der Waals surface area contributed by atoms with Gasteiger partial charge in [-0.1, -0.05) is 18.2 Å². The maximum Gasteiger partial charge on any atom is 0.186 e. The second-order valence-corrected chi connectivity index (χ2v) is 6.13. The molecule has 0 atom stereocenters. The van der Waals surface area contributed by atoms with Crippen molar-refractivity contribution in [2.75, 3.05) is 18.0 Å². The molecule has 1 saturated heterocycles. The third-order valence-electron chi connectivity index (χ3n) is 3.85. The Balaban J connectivity index is 1.65. The molecule has 3 rings (SSSR count). The predicted octanol–water partition coefficient (Wildman–Crippen LogP) is 4.63. The minimum atomic E-state index is 0.0661. The van der Waals surface area contributed by atoms with Crippen molar-refractivity contribution >= 4 is 28.9 Å². The fourth-order valence-electron chi connectivity index (χ4n) is 2.62. The predicted molar refractivity (Wildman–Crippen MR) is 90.2 cm³/mol. The molecule has 2 heterocycles. The zero-order valence-electron chi connectivity index (χ0n) is 12.0. The molecule has 0 N–H and O–H groups in total. The molecule has 108 valence electrons. The highest BCUT2D eigenvalue weighted by Gasteiger charge is 2.10. The Bertz CT molecular complexity index is 607. The van der Waals surface area contributed by atoms with Crippen LogP contribution in [0.5, 0.6) is 0 Å². The van der Waals surface area contributed by atoms with Gasteiger partial charge in [-0.05, 0) is 54.5 Å². The van der Waals surface area contributed by atoms with E-state index in [4.69, 9.17) is 0 Å². The summed E-state index contributed by atoms with van der Waals surface area (Å²) >= 11 is 1.55. The molecule has 0 unspecified atom stereocenters. The third-order valence-corrected chi connectivity index (χ3v) is 4.53. The van der Waals surface area contributed by atoms with E-state index < -0.39 is 0 Å². The van der Waals surface area contributed by atoms with Crippen molar-refractivity contribution in [3.63, 3.8) is 0 Å². The number of piperidine rings is 1. The molecule has 1 aromatic carbocycles. The van der Waals surface area contributed by atoms with Crippen molar-refractivity contribution in [3.05, 3.63) is 58.3 Å². The number of thiophene rings is 1. The number of ketones is 1. The van der Waals surface area contributed by atoms with Crippen LogP contribution in [0.2, 0.25) is 0 Å². The first kappa shape index (κ1) is 14.1. The second-order valence-electron chi connectivity index (χ2n) is 5.35. The Hall–Kier alpha value is -1.87. The van der Waals surface area contributed by atoms with Crippen LogP contribution in [-0.2, 0) is 0 Å². The van der Waals surface area contributed by atoms with Crippen molar-refractivity contribution in [2.24, 2.45) is 0 Å². The van der Waals surface area contributed by atoms with Gasteiger partial charge in [-0.25, -0.2) is 0 Å². The van der Waals surface area contributed by atoms with Crippen molar-refractivity contribution in [1.82, 2.24) is 0 Å². The van der Waals surface area contributed by atoms with Gasteiger partial charge in [0.2, 0.25) is 0 Å². The molecule has 0 radical (unpaired) electrons. The second kappa shape index (κ2) is 6.72. The summed E-state index contributed by atoms with van der Waals surface area (Å²) in [7, 11) is 0. The molecule has 3 heteroatoms. The van der Waals surface area contributed by atoms with Crippen LogP contribution in [0.4, 0.5) is 5.69 Å². The molecule has 2 nitrogen and oxygen atoms in total. The quantitative estimate of drug-likeness (QED) is 0.605. The number of carbonyl (C=O) groups excluding carboxylic acids is 1. The van der Waals surface area contributed by atoms with Gasteiger partial charge in [0.1, 0.15) is 0 Å². The number of hydrogen-bond acceptors (Lipinski definition) is 3. The fourth-order valence-corrected chi connectivity index (χ4v) is 3.27. The number of nitrogens with zero attached hydrogens (tertiary/aromatic N) is 1. The highest BCUT2D eigenvalue weighted by molar-refractivity contribution is 7.08. The van der Waals surface area contributed by atoms with Gasteiger partial charge in [-0.2, -0.15) is 11.3 Å².